The topological polar surface area (TPSA) is 84.3 Å². The molecule has 1 aliphatic heterocycles. The highest BCUT2D eigenvalue weighted by molar-refractivity contribution is 7.08. The van der Waals surface area contributed by atoms with Gasteiger partial charge in [0.25, 0.3) is 0 Å². The van der Waals surface area contributed by atoms with Gasteiger partial charge in [0.1, 0.15) is 6.33 Å². The largest absolute Gasteiger partial charge is 0.454 e. The first-order valence-electron chi connectivity index (χ1n) is 8.25. The van der Waals surface area contributed by atoms with Crippen LogP contribution < -0.4 is 20.9 Å². The summed E-state index contributed by atoms with van der Waals surface area (Å²) >= 11 is 1.55. The van der Waals surface area contributed by atoms with Crippen LogP contribution in [0.25, 0.3) is 11.1 Å². The molecule has 7 nitrogen and oxygen atoms in total. The minimum atomic E-state index is -0.314. The predicted molar refractivity (Wildman–Crippen MR) is 99.7 cm³/mol. The average molecular weight is 388 g/mol. The number of thiophene rings is 1. The lowest BCUT2D eigenvalue weighted by Crippen LogP contribution is -2.27. The summed E-state index contributed by atoms with van der Waals surface area (Å²) in [5.41, 5.74) is 8.43. The fraction of sp³-hybridized carbons (Fsp3) is 0.222. The summed E-state index contributed by atoms with van der Waals surface area (Å²) in [5.74, 6) is 1.44. The second-order valence-electron chi connectivity index (χ2n) is 6.05. The van der Waals surface area contributed by atoms with Gasteiger partial charge in [-0.2, -0.15) is 16.4 Å². The van der Waals surface area contributed by atoms with Gasteiger partial charge in [-0.05, 0) is 45.2 Å². The fourth-order valence-electron chi connectivity index (χ4n) is 2.87. The minimum absolute atomic E-state index is 0.0363. The molecule has 9 heteroatoms. The van der Waals surface area contributed by atoms with E-state index in [0.717, 1.165) is 22.4 Å². The van der Waals surface area contributed by atoms with Crippen LogP contribution in [0.5, 0.6) is 11.5 Å². The van der Waals surface area contributed by atoms with Crippen molar-refractivity contribution in [1.29, 1.82) is 0 Å². The third kappa shape index (κ3) is 3.38. The first-order chi connectivity index (χ1) is 13.2. The standard InChI is InChI=1S/C18H17FN4O3S/c19-4-12(5-20)6-23-18(24)22(10-21-23)7-14-8-27-9-15(14)13-1-2-16-17(3-13)26-11-25-16/h1-4,8-10H,5-7,11,20H2/b12-4+. The Labute approximate surface area is 158 Å². The molecule has 3 aromatic rings. The summed E-state index contributed by atoms with van der Waals surface area (Å²) < 4.78 is 26.2. The van der Waals surface area contributed by atoms with E-state index in [2.05, 4.69) is 5.10 Å². The summed E-state index contributed by atoms with van der Waals surface area (Å²) in [4.78, 5) is 12.5. The molecule has 4 rings (SSSR count). The van der Waals surface area contributed by atoms with Gasteiger partial charge in [0, 0.05) is 6.54 Å². The second kappa shape index (κ2) is 7.37. The molecule has 2 aromatic heterocycles. The molecule has 27 heavy (non-hydrogen) atoms. The molecule has 1 aromatic carbocycles. The highest BCUT2D eigenvalue weighted by atomic mass is 32.1. The average Bonchev–Trinajstić information content (AvgIpc) is 3.41. The first-order valence-corrected chi connectivity index (χ1v) is 9.19. The second-order valence-corrected chi connectivity index (χ2v) is 6.79. The molecule has 3 heterocycles. The van der Waals surface area contributed by atoms with Gasteiger partial charge in [0.15, 0.2) is 11.5 Å². The molecular weight excluding hydrogens is 371 g/mol. The number of nitrogens with zero attached hydrogens (tertiary/aromatic N) is 3. The van der Waals surface area contributed by atoms with E-state index in [0.29, 0.717) is 24.2 Å². The summed E-state index contributed by atoms with van der Waals surface area (Å²) in [6.07, 6.45) is 1.87. The van der Waals surface area contributed by atoms with Crippen LogP contribution in [-0.4, -0.2) is 27.7 Å². The molecule has 0 unspecified atom stereocenters. The minimum Gasteiger partial charge on any atom is -0.454 e. The van der Waals surface area contributed by atoms with Crippen molar-refractivity contribution < 1.29 is 13.9 Å². The lowest BCUT2D eigenvalue weighted by atomic mass is 10.0. The maximum atomic E-state index is 12.7. The van der Waals surface area contributed by atoms with Crippen molar-refractivity contribution in [2.24, 2.45) is 5.73 Å². The summed E-state index contributed by atoms with van der Waals surface area (Å²) in [6.45, 7) is 0.664. The Balaban J connectivity index is 1.59. The molecule has 0 saturated heterocycles. The van der Waals surface area contributed by atoms with Crippen molar-refractivity contribution in [3.63, 3.8) is 0 Å². The van der Waals surface area contributed by atoms with Crippen molar-refractivity contribution in [1.82, 2.24) is 14.3 Å². The Kier molecular flexibility index (Phi) is 4.78. The van der Waals surface area contributed by atoms with Gasteiger partial charge in [-0.3, -0.25) is 4.57 Å². The van der Waals surface area contributed by atoms with Gasteiger partial charge in [-0.15, -0.1) is 0 Å². The maximum absolute atomic E-state index is 12.7. The van der Waals surface area contributed by atoms with Crippen LogP contribution in [0.1, 0.15) is 5.56 Å². The molecule has 0 bridgehead atoms. The number of fused-ring (bicyclic) bond motifs is 1. The number of benzene rings is 1. The van der Waals surface area contributed by atoms with E-state index in [1.54, 1.807) is 11.3 Å². The number of hydrogen-bond donors (Lipinski definition) is 1. The highest BCUT2D eigenvalue weighted by Gasteiger charge is 2.16. The smallest absolute Gasteiger partial charge is 0.346 e. The third-order valence-electron chi connectivity index (χ3n) is 4.33. The Hall–Kier alpha value is -2.91. The molecule has 0 fully saturated rings. The molecule has 0 radical (unpaired) electrons. The van der Waals surface area contributed by atoms with Crippen molar-refractivity contribution in [3.8, 4) is 22.6 Å². The first kappa shape index (κ1) is 17.5. The van der Waals surface area contributed by atoms with E-state index in [1.807, 2.05) is 29.0 Å². The zero-order valence-electron chi connectivity index (χ0n) is 14.3. The number of halogens is 1. The van der Waals surface area contributed by atoms with E-state index in [1.165, 1.54) is 15.6 Å². The molecule has 0 spiro atoms. The zero-order chi connectivity index (χ0) is 18.8. The number of rotatable bonds is 6. The van der Waals surface area contributed by atoms with Gasteiger partial charge < -0.3 is 15.2 Å². The molecule has 0 saturated carbocycles. The van der Waals surface area contributed by atoms with E-state index in [-0.39, 0.29) is 25.6 Å². The molecule has 0 aliphatic carbocycles. The van der Waals surface area contributed by atoms with Gasteiger partial charge >= 0.3 is 5.69 Å². The Morgan fingerprint density at radius 1 is 1.33 bits per heavy atom. The molecular formula is C18H17FN4O3S. The molecule has 0 atom stereocenters. The van der Waals surface area contributed by atoms with E-state index >= 15 is 0 Å². The Morgan fingerprint density at radius 3 is 3.00 bits per heavy atom. The van der Waals surface area contributed by atoms with Crippen LogP contribution in [-0.2, 0) is 13.1 Å². The number of hydrogen-bond acceptors (Lipinski definition) is 6. The lowest BCUT2D eigenvalue weighted by molar-refractivity contribution is 0.174. The van der Waals surface area contributed by atoms with E-state index < -0.39 is 0 Å². The molecule has 1 aliphatic rings. The van der Waals surface area contributed by atoms with Crippen LogP contribution in [0.15, 0.2) is 52.0 Å². The summed E-state index contributed by atoms with van der Waals surface area (Å²) in [5, 5.41) is 8.08. The van der Waals surface area contributed by atoms with Crippen LogP contribution in [0, 0.1) is 0 Å². The molecule has 2 N–H and O–H groups in total. The van der Waals surface area contributed by atoms with Crippen LogP contribution in [0.3, 0.4) is 0 Å². The van der Waals surface area contributed by atoms with Crippen molar-refractivity contribution in [2.75, 3.05) is 13.3 Å². The van der Waals surface area contributed by atoms with Crippen LogP contribution in [0.4, 0.5) is 4.39 Å². The monoisotopic (exact) mass is 388 g/mol. The van der Waals surface area contributed by atoms with Crippen molar-refractivity contribution in [2.45, 2.75) is 13.1 Å². The highest BCUT2D eigenvalue weighted by Crippen LogP contribution is 2.37. The molecule has 140 valence electrons. The van der Waals surface area contributed by atoms with Gasteiger partial charge in [0.05, 0.1) is 19.4 Å². The summed E-state index contributed by atoms with van der Waals surface area (Å²) in [7, 11) is 0. The molecule has 0 amide bonds. The van der Waals surface area contributed by atoms with Gasteiger partial charge in [0.2, 0.25) is 6.79 Å². The lowest BCUT2D eigenvalue weighted by Gasteiger charge is -2.06. The van der Waals surface area contributed by atoms with E-state index in [9.17, 15) is 9.18 Å². The van der Waals surface area contributed by atoms with Crippen LogP contribution >= 0.6 is 11.3 Å². The Bertz CT molecular complexity index is 1050. The predicted octanol–water partition coefficient (Wildman–Crippen LogP) is 2.36. The maximum Gasteiger partial charge on any atom is 0.346 e. The number of nitrogens with two attached hydrogens (primary N) is 1. The van der Waals surface area contributed by atoms with Crippen molar-refractivity contribution in [3.05, 3.63) is 63.2 Å². The third-order valence-corrected chi connectivity index (χ3v) is 5.13. The fourth-order valence-corrected chi connectivity index (χ4v) is 3.73. The Morgan fingerprint density at radius 2 is 2.19 bits per heavy atom. The van der Waals surface area contributed by atoms with Gasteiger partial charge in [-0.25, -0.2) is 13.9 Å². The normalized spacial score (nSPS) is 13.3. The quantitative estimate of drug-likeness (QED) is 0.701. The summed E-state index contributed by atoms with van der Waals surface area (Å²) in [6, 6.07) is 5.77. The van der Waals surface area contributed by atoms with Gasteiger partial charge in [-0.1, -0.05) is 6.07 Å². The zero-order valence-corrected chi connectivity index (χ0v) is 15.1. The van der Waals surface area contributed by atoms with Crippen LogP contribution in [0.2, 0.25) is 0 Å². The SMILES string of the molecule is NC/C(=C\F)Cn1ncn(Cc2cscc2-c2ccc3c(c2)OCO3)c1=O. The van der Waals surface area contributed by atoms with E-state index in [4.69, 9.17) is 15.2 Å². The van der Waals surface area contributed by atoms with Crippen molar-refractivity contribution >= 4 is 11.3 Å². The number of ether oxygens (including phenoxy) is 2. The number of aromatic nitrogens is 3.